The van der Waals surface area contributed by atoms with E-state index < -0.39 is 12.8 Å². The van der Waals surface area contributed by atoms with E-state index in [9.17, 15) is 4.39 Å². The van der Waals surface area contributed by atoms with Crippen LogP contribution in [-0.4, -0.2) is 24.5 Å². The van der Waals surface area contributed by atoms with Gasteiger partial charge in [0.25, 0.3) is 0 Å². The Bertz CT molecular complexity index is 213. The molecule has 1 atom stereocenters. The molecule has 0 saturated carbocycles. The first kappa shape index (κ1) is 9.00. The number of aliphatic hydroxyl groups excluding tert-OH is 1. The van der Waals surface area contributed by atoms with Crippen molar-refractivity contribution in [2.24, 2.45) is 0 Å². The molecule has 0 radical (unpaired) electrons. The average molecular weight is 170 g/mol. The van der Waals surface area contributed by atoms with E-state index in [0.29, 0.717) is 5.75 Å². The third-order valence-electron chi connectivity index (χ3n) is 1.37. The summed E-state index contributed by atoms with van der Waals surface area (Å²) in [4.78, 5) is 0. The van der Waals surface area contributed by atoms with Crippen LogP contribution >= 0.6 is 0 Å². The Morgan fingerprint density at radius 2 is 2.00 bits per heavy atom. The van der Waals surface area contributed by atoms with E-state index in [1.165, 1.54) is 0 Å². The van der Waals surface area contributed by atoms with Gasteiger partial charge >= 0.3 is 0 Å². The Hall–Kier alpha value is -1.09. The molecule has 0 aliphatic rings. The Labute approximate surface area is 70.6 Å². The molecule has 0 spiro atoms. The highest BCUT2D eigenvalue weighted by molar-refractivity contribution is 5.20. The second-order valence-electron chi connectivity index (χ2n) is 2.40. The van der Waals surface area contributed by atoms with Gasteiger partial charge in [-0.05, 0) is 12.1 Å². The molecule has 12 heavy (non-hydrogen) atoms. The van der Waals surface area contributed by atoms with Gasteiger partial charge in [-0.25, -0.2) is 4.39 Å². The van der Waals surface area contributed by atoms with Crippen LogP contribution in [0.3, 0.4) is 0 Å². The molecule has 0 unspecified atom stereocenters. The lowest BCUT2D eigenvalue weighted by Gasteiger charge is -2.07. The standard InChI is InChI=1S/C9H11FO2/c10-8(6-11)7-12-9-4-2-1-3-5-9/h1-5,8,11H,6-7H2/t8-/m1/s1. The van der Waals surface area contributed by atoms with E-state index in [1.807, 2.05) is 18.2 Å². The van der Waals surface area contributed by atoms with Crippen molar-refractivity contribution in [1.29, 1.82) is 0 Å². The summed E-state index contributed by atoms with van der Waals surface area (Å²) in [6.07, 6.45) is -1.30. The van der Waals surface area contributed by atoms with Gasteiger partial charge in [0.05, 0.1) is 6.61 Å². The molecular formula is C9H11FO2. The van der Waals surface area contributed by atoms with Gasteiger partial charge in [0.15, 0.2) is 6.17 Å². The third kappa shape index (κ3) is 2.88. The molecule has 66 valence electrons. The lowest BCUT2D eigenvalue weighted by Crippen LogP contribution is -2.16. The predicted molar refractivity (Wildman–Crippen MR) is 43.9 cm³/mol. The van der Waals surface area contributed by atoms with Crippen molar-refractivity contribution < 1.29 is 14.2 Å². The largest absolute Gasteiger partial charge is 0.490 e. The number of para-hydroxylation sites is 1. The van der Waals surface area contributed by atoms with Gasteiger partial charge in [0, 0.05) is 0 Å². The van der Waals surface area contributed by atoms with Crippen LogP contribution in [0.5, 0.6) is 5.75 Å². The lowest BCUT2D eigenvalue weighted by molar-refractivity contribution is 0.123. The quantitative estimate of drug-likeness (QED) is 0.740. The Balaban J connectivity index is 2.33. The van der Waals surface area contributed by atoms with Crippen LogP contribution in [0.4, 0.5) is 4.39 Å². The molecule has 0 aliphatic heterocycles. The first-order chi connectivity index (χ1) is 5.83. The summed E-state index contributed by atoms with van der Waals surface area (Å²) in [7, 11) is 0. The molecule has 1 N–H and O–H groups in total. The van der Waals surface area contributed by atoms with E-state index in [0.717, 1.165) is 0 Å². The molecule has 0 amide bonds. The Kier molecular flexibility index (Phi) is 3.54. The highest BCUT2D eigenvalue weighted by Gasteiger charge is 2.03. The van der Waals surface area contributed by atoms with Crippen molar-refractivity contribution in [2.75, 3.05) is 13.2 Å². The zero-order chi connectivity index (χ0) is 8.81. The molecular weight excluding hydrogens is 159 g/mol. The number of hydrogen-bond donors (Lipinski definition) is 1. The third-order valence-corrected chi connectivity index (χ3v) is 1.37. The average Bonchev–Trinajstić information content (AvgIpc) is 2.16. The molecule has 1 aromatic rings. The zero-order valence-corrected chi connectivity index (χ0v) is 6.61. The van der Waals surface area contributed by atoms with E-state index in [4.69, 9.17) is 9.84 Å². The highest BCUT2D eigenvalue weighted by atomic mass is 19.1. The smallest absolute Gasteiger partial charge is 0.157 e. The molecule has 0 heterocycles. The number of alkyl halides is 1. The fraction of sp³-hybridized carbons (Fsp3) is 0.333. The van der Waals surface area contributed by atoms with E-state index >= 15 is 0 Å². The van der Waals surface area contributed by atoms with Crippen molar-refractivity contribution in [1.82, 2.24) is 0 Å². The second-order valence-corrected chi connectivity index (χ2v) is 2.40. The highest BCUT2D eigenvalue weighted by Crippen LogP contribution is 2.08. The van der Waals surface area contributed by atoms with Crippen LogP contribution in [0.2, 0.25) is 0 Å². The zero-order valence-electron chi connectivity index (χ0n) is 6.61. The van der Waals surface area contributed by atoms with Crippen molar-refractivity contribution in [3.05, 3.63) is 30.3 Å². The van der Waals surface area contributed by atoms with Gasteiger partial charge in [-0.15, -0.1) is 0 Å². The van der Waals surface area contributed by atoms with Crippen molar-refractivity contribution in [3.63, 3.8) is 0 Å². The molecule has 0 fully saturated rings. The Morgan fingerprint density at radius 3 is 2.58 bits per heavy atom. The number of ether oxygens (including phenoxy) is 1. The molecule has 1 aromatic carbocycles. The second kappa shape index (κ2) is 4.72. The summed E-state index contributed by atoms with van der Waals surface area (Å²) in [5, 5.41) is 8.36. The summed E-state index contributed by atoms with van der Waals surface area (Å²) in [5.74, 6) is 0.619. The minimum Gasteiger partial charge on any atom is -0.490 e. The van der Waals surface area contributed by atoms with E-state index in [-0.39, 0.29) is 6.61 Å². The number of halogens is 1. The van der Waals surface area contributed by atoms with Gasteiger partial charge in [-0.3, -0.25) is 0 Å². The molecule has 1 rings (SSSR count). The minimum atomic E-state index is -1.30. The number of hydrogen-bond acceptors (Lipinski definition) is 2. The SMILES string of the molecule is OC[C@@H](F)COc1ccccc1. The van der Waals surface area contributed by atoms with Gasteiger partial charge in [-0.2, -0.15) is 0 Å². The molecule has 0 saturated heterocycles. The van der Waals surface area contributed by atoms with Gasteiger partial charge in [0.2, 0.25) is 0 Å². The number of aliphatic hydroxyl groups is 1. The number of rotatable bonds is 4. The summed E-state index contributed by atoms with van der Waals surface area (Å²) in [6.45, 7) is -0.590. The van der Waals surface area contributed by atoms with Gasteiger partial charge < -0.3 is 9.84 Å². The normalized spacial score (nSPS) is 12.5. The minimum absolute atomic E-state index is 0.0967. The van der Waals surface area contributed by atoms with Crippen LogP contribution in [0.25, 0.3) is 0 Å². The summed E-state index contributed by atoms with van der Waals surface area (Å²) in [6, 6.07) is 8.95. The predicted octanol–water partition coefficient (Wildman–Crippen LogP) is 1.40. The van der Waals surface area contributed by atoms with Crippen LogP contribution in [0.1, 0.15) is 0 Å². The first-order valence-corrected chi connectivity index (χ1v) is 3.75. The fourth-order valence-corrected chi connectivity index (χ4v) is 0.756. The van der Waals surface area contributed by atoms with E-state index in [1.54, 1.807) is 12.1 Å². The Morgan fingerprint density at radius 1 is 1.33 bits per heavy atom. The summed E-state index contributed by atoms with van der Waals surface area (Å²) >= 11 is 0. The van der Waals surface area contributed by atoms with Crippen LogP contribution < -0.4 is 4.74 Å². The molecule has 3 heteroatoms. The maximum atomic E-state index is 12.4. The maximum absolute atomic E-state index is 12.4. The topological polar surface area (TPSA) is 29.5 Å². The van der Waals surface area contributed by atoms with Crippen LogP contribution in [0.15, 0.2) is 30.3 Å². The van der Waals surface area contributed by atoms with Crippen molar-refractivity contribution in [3.8, 4) is 5.75 Å². The molecule has 0 bridgehead atoms. The fourth-order valence-electron chi connectivity index (χ4n) is 0.756. The summed E-state index contributed by atoms with van der Waals surface area (Å²) < 4.78 is 17.5. The molecule has 0 aliphatic carbocycles. The van der Waals surface area contributed by atoms with Crippen LogP contribution in [-0.2, 0) is 0 Å². The molecule has 0 aromatic heterocycles. The first-order valence-electron chi connectivity index (χ1n) is 3.75. The van der Waals surface area contributed by atoms with Crippen molar-refractivity contribution in [2.45, 2.75) is 6.17 Å². The summed E-state index contributed by atoms with van der Waals surface area (Å²) in [5.41, 5.74) is 0. The van der Waals surface area contributed by atoms with E-state index in [2.05, 4.69) is 0 Å². The number of benzene rings is 1. The lowest BCUT2D eigenvalue weighted by atomic mass is 10.3. The van der Waals surface area contributed by atoms with Gasteiger partial charge in [-0.1, -0.05) is 18.2 Å². The maximum Gasteiger partial charge on any atom is 0.157 e. The molecule has 2 nitrogen and oxygen atoms in total. The van der Waals surface area contributed by atoms with Gasteiger partial charge in [0.1, 0.15) is 12.4 Å². The van der Waals surface area contributed by atoms with Crippen LogP contribution in [0, 0.1) is 0 Å². The van der Waals surface area contributed by atoms with Crippen molar-refractivity contribution >= 4 is 0 Å². The monoisotopic (exact) mass is 170 g/mol.